The molecule has 0 bridgehead atoms. The highest BCUT2D eigenvalue weighted by atomic mass is 35.5. The fourth-order valence-electron chi connectivity index (χ4n) is 2.05. The molecule has 1 unspecified atom stereocenters. The molecule has 16 heavy (non-hydrogen) atoms. The first-order valence-corrected chi connectivity index (χ1v) is 6.04. The number of hydrogen-bond acceptors (Lipinski definition) is 4. The lowest BCUT2D eigenvalue weighted by molar-refractivity contribution is 0.397. The van der Waals surface area contributed by atoms with E-state index in [0.717, 1.165) is 31.2 Å². The van der Waals surface area contributed by atoms with E-state index in [9.17, 15) is 0 Å². The van der Waals surface area contributed by atoms with Gasteiger partial charge in [0.1, 0.15) is 12.1 Å². The van der Waals surface area contributed by atoms with E-state index < -0.39 is 0 Å². The first-order chi connectivity index (χ1) is 7.83. The minimum atomic E-state index is 0.616. The first-order valence-electron chi connectivity index (χ1n) is 5.50. The molecule has 0 N–H and O–H groups in total. The quantitative estimate of drug-likeness (QED) is 0.756. The van der Waals surface area contributed by atoms with Crippen molar-refractivity contribution in [3.63, 3.8) is 0 Å². The van der Waals surface area contributed by atoms with Gasteiger partial charge >= 0.3 is 0 Å². The van der Waals surface area contributed by atoms with Gasteiger partial charge in [-0.25, -0.2) is 9.97 Å². The van der Waals surface area contributed by atoms with Crippen molar-refractivity contribution < 1.29 is 4.74 Å². The summed E-state index contributed by atoms with van der Waals surface area (Å²) in [5.74, 6) is 3.00. The molecule has 1 saturated heterocycles. The summed E-state index contributed by atoms with van der Waals surface area (Å²) in [5, 5.41) is 0. The maximum Gasteiger partial charge on any atom is 0.218 e. The van der Waals surface area contributed by atoms with E-state index in [1.54, 1.807) is 13.4 Å². The maximum atomic E-state index is 5.76. The second-order valence-corrected chi connectivity index (χ2v) is 4.37. The molecule has 1 fully saturated rings. The molecule has 88 valence electrons. The third-order valence-corrected chi connectivity index (χ3v) is 3.18. The second kappa shape index (κ2) is 5.34. The summed E-state index contributed by atoms with van der Waals surface area (Å²) in [4.78, 5) is 10.5. The normalized spacial score (nSPS) is 20.1. The number of ether oxygens (including phenoxy) is 1. The standard InChI is InChI=1S/C11H16ClN3O/c1-16-11-6-10(13-8-14-11)15-5-3-9(7-15)2-4-12/h6,8-9H,2-5,7H2,1H3. The SMILES string of the molecule is COc1cc(N2CCC(CCCl)C2)ncn1. The van der Waals surface area contributed by atoms with Crippen molar-refractivity contribution in [1.82, 2.24) is 9.97 Å². The molecular weight excluding hydrogens is 226 g/mol. The van der Waals surface area contributed by atoms with Crippen molar-refractivity contribution in [2.45, 2.75) is 12.8 Å². The van der Waals surface area contributed by atoms with E-state index in [4.69, 9.17) is 16.3 Å². The Hall–Kier alpha value is -1.03. The lowest BCUT2D eigenvalue weighted by atomic mass is 10.1. The number of anilines is 1. The highest BCUT2D eigenvalue weighted by Crippen LogP contribution is 2.25. The molecule has 2 heterocycles. The van der Waals surface area contributed by atoms with Crippen LogP contribution in [0.25, 0.3) is 0 Å². The van der Waals surface area contributed by atoms with Gasteiger partial charge in [0.15, 0.2) is 0 Å². The largest absolute Gasteiger partial charge is 0.481 e. The van der Waals surface area contributed by atoms with E-state index >= 15 is 0 Å². The van der Waals surface area contributed by atoms with Crippen LogP contribution >= 0.6 is 11.6 Å². The van der Waals surface area contributed by atoms with Crippen LogP contribution in [0.15, 0.2) is 12.4 Å². The smallest absolute Gasteiger partial charge is 0.218 e. The zero-order valence-electron chi connectivity index (χ0n) is 9.40. The Labute approximate surface area is 101 Å². The van der Waals surface area contributed by atoms with E-state index in [1.807, 2.05) is 6.07 Å². The van der Waals surface area contributed by atoms with Gasteiger partial charge in [0.05, 0.1) is 7.11 Å². The van der Waals surface area contributed by atoms with Crippen LogP contribution in [-0.4, -0.2) is 36.0 Å². The van der Waals surface area contributed by atoms with Gasteiger partial charge in [-0.1, -0.05) is 0 Å². The lowest BCUT2D eigenvalue weighted by Gasteiger charge is -2.17. The number of nitrogens with zero attached hydrogens (tertiary/aromatic N) is 3. The highest BCUT2D eigenvalue weighted by molar-refractivity contribution is 6.17. The van der Waals surface area contributed by atoms with Gasteiger partial charge in [-0.15, -0.1) is 11.6 Å². The Morgan fingerprint density at radius 1 is 1.56 bits per heavy atom. The summed E-state index contributed by atoms with van der Waals surface area (Å²) in [7, 11) is 1.62. The molecular formula is C11H16ClN3O. The number of methoxy groups -OCH3 is 1. The average molecular weight is 242 g/mol. The minimum absolute atomic E-state index is 0.616. The van der Waals surface area contributed by atoms with Crippen molar-refractivity contribution in [2.24, 2.45) is 5.92 Å². The molecule has 1 aliphatic heterocycles. The molecule has 0 aromatic carbocycles. The van der Waals surface area contributed by atoms with Gasteiger partial charge in [-0.05, 0) is 18.8 Å². The fourth-order valence-corrected chi connectivity index (χ4v) is 2.35. The average Bonchev–Trinajstić information content (AvgIpc) is 2.78. The topological polar surface area (TPSA) is 38.2 Å². The summed E-state index contributed by atoms with van der Waals surface area (Å²) in [6, 6.07) is 1.88. The summed E-state index contributed by atoms with van der Waals surface area (Å²) in [6.07, 6.45) is 3.82. The summed E-state index contributed by atoms with van der Waals surface area (Å²) >= 11 is 5.76. The summed E-state index contributed by atoms with van der Waals surface area (Å²) in [6.45, 7) is 2.08. The Bertz CT molecular complexity index is 348. The molecule has 2 rings (SSSR count). The van der Waals surface area contributed by atoms with Gasteiger partial charge in [-0.2, -0.15) is 0 Å². The van der Waals surface area contributed by atoms with Crippen LogP contribution in [0, 0.1) is 5.92 Å². The minimum Gasteiger partial charge on any atom is -0.481 e. The second-order valence-electron chi connectivity index (χ2n) is 4.00. The Morgan fingerprint density at radius 2 is 2.44 bits per heavy atom. The molecule has 5 heteroatoms. The zero-order valence-corrected chi connectivity index (χ0v) is 10.2. The molecule has 0 amide bonds. The van der Waals surface area contributed by atoms with Gasteiger partial charge in [0.25, 0.3) is 0 Å². The highest BCUT2D eigenvalue weighted by Gasteiger charge is 2.23. The first kappa shape index (κ1) is 11.5. The van der Waals surface area contributed by atoms with Crippen molar-refractivity contribution in [1.29, 1.82) is 0 Å². The van der Waals surface area contributed by atoms with Crippen molar-refractivity contribution in [3.05, 3.63) is 12.4 Å². The molecule has 1 aromatic heterocycles. The molecule has 1 atom stereocenters. The monoisotopic (exact) mass is 241 g/mol. The molecule has 0 aliphatic carbocycles. The molecule has 1 aliphatic rings. The molecule has 1 aromatic rings. The van der Waals surface area contributed by atoms with Crippen LogP contribution in [0.2, 0.25) is 0 Å². The van der Waals surface area contributed by atoms with E-state index in [1.165, 1.54) is 6.42 Å². The zero-order chi connectivity index (χ0) is 11.4. The van der Waals surface area contributed by atoms with Crippen LogP contribution in [0.3, 0.4) is 0 Å². The molecule has 0 saturated carbocycles. The van der Waals surface area contributed by atoms with Gasteiger partial charge < -0.3 is 9.64 Å². The van der Waals surface area contributed by atoms with E-state index in [-0.39, 0.29) is 0 Å². The van der Waals surface area contributed by atoms with Crippen LogP contribution < -0.4 is 9.64 Å². The fraction of sp³-hybridized carbons (Fsp3) is 0.636. The van der Waals surface area contributed by atoms with E-state index in [0.29, 0.717) is 11.8 Å². The number of alkyl halides is 1. The van der Waals surface area contributed by atoms with Gasteiger partial charge in [0.2, 0.25) is 5.88 Å². The number of rotatable bonds is 4. The van der Waals surface area contributed by atoms with E-state index in [2.05, 4.69) is 14.9 Å². The van der Waals surface area contributed by atoms with Gasteiger partial charge in [-0.3, -0.25) is 0 Å². The Morgan fingerprint density at radius 3 is 3.19 bits per heavy atom. The number of aromatic nitrogens is 2. The van der Waals surface area contributed by atoms with Crippen molar-refractivity contribution in [2.75, 3.05) is 31.0 Å². The molecule has 4 nitrogen and oxygen atoms in total. The lowest BCUT2D eigenvalue weighted by Crippen LogP contribution is -2.21. The van der Waals surface area contributed by atoms with Gasteiger partial charge in [0, 0.05) is 25.0 Å². The van der Waals surface area contributed by atoms with Crippen molar-refractivity contribution in [3.8, 4) is 5.88 Å². The van der Waals surface area contributed by atoms with Crippen LogP contribution in [0.5, 0.6) is 5.88 Å². The Balaban J connectivity index is 2.02. The maximum absolute atomic E-state index is 5.76. The van der Waals surface area contributed by atoms with Crippen LogP contribution in [-0.2, 0) is 0 Å². The molecule has 0 radical (unpaired) electrons. The third kappa shape index (κ3) is 2.55. The third-order valence-electron chi connectivity index (χ3n) is 2.96. The summed E-state index contributed by atoms with van der Waals surface area (Å²) in [5.41, 5.74) is 0. The predicted molar refractivity (Wildman–Crippen MR) is 64.2 cm³/mol. The summed E-state index contributed by atoms with van der Waals surface area (Å²) < 4.78 is 5.09. The van der Waals surface area contributed by atoms with Crippen LogP contribution in [0.1, 0.15) is 12.8 Å². The predicted octanol–water partition coefficient (Wildman–Crippen LogP) is 1.94. The van der Waals surface area contributed by atoms with Crippen LogP contribution in [0.4, 0.5) is 5.82 Å². The van der Waals surface area contributed by atoms with Crippen molar-refractivity contribution >= 4 is 17.4 Å². The molecule has 0 spiro atoms. The Kier molecular flexibility index (Phi) is 3.83. The number of halogens is 1. The number of hydrogen-bond donors (Lipinski definition) is 0.